The minimum Gasteiger partial charge on any atom is -0.367 e. The number of hydrogen-bond acceptors (Lipinski definition) is 5. The van der Waals surface area contributed by atoms with Gasteiger partial charge in [-0.2, -0.15) is 0 Å². The van der Waals surface area contributed by atoms with Crippen molar-refractivity contribution in [2.24, 2.45) is 23.2 Å². The number of fused-ring (bicyclic) bond motifs is 3. The maximum Gasteiger partial charge on any atom is 0.230 e. The first-order chi connectivity index (χ1) is 19.3. The van der Waals surface area contributed by atoms with Gasteiger partial charge in [0.15, 0.2) is 5.72 Å². The van der Waals surface area contributed by atoms with Crippen LogP contribution in [0, 0.1) is 29.0 Å². The van der Waals surface area contributed by atoms with Gasteiger partial charge in [0.2, 0.25) is 5.91 Å². The molecule has 3 saturated carbocycles. The first kappa shape index (κ1) is 25.2. The van der Waals surface area contributed by atoms with Gasteiger partial charge in [-0.05, 0) is 99.2 Å². The molecule has 0 saturated heterocycles. The third-order valence-corrected chi connectivity index (χ3v) is 9.55. The van der Waals surface area contributed by atoms with Crippen molar-refractivity contribution in [1.82, 2.24) is 15.0 Å². The number of carbonyl (C=O) groups is 1. The number of halogens is 1. The molecule has 8 heteroatoms. The lowest BCUT2D eigenvalue weighted by Crippen LogP contribution is -2.40. The van der Waals surface area contributed by atoms with Crippen LogP contribution in [0.25, 0.3) is 22.4 Å². The third-order valence-electron chi connectivity index (χ3n) is 9.55. The van der Waals surface area contributed by atoms with Gasteiger partial charge >= 0.3 is 0 Å². The number of nitrogens with zero attached hydrogens (tertiary/aromatic N) is 2. The van der Waals surface area contributed by atoms with E-state index in [4.69, 9.17) is 0 Å². The summed E-state index contributed by atoms with van der Waals surface area (Å²) in [6.07, 6.45) is 9.45. The highest BCUT2D eigenvalue weighted by molar-refractivity contribution is 5.95. The standard InChI is InChI=1S/C32H34FN5O2/c1-31(40,38-28-6-2-3-12-34-28)22-7-10-26-27(15-22)37-29(36-26)24-9-8-23(16-25(24)33)35-30(39)32-11-4-5-20-13-19(17-32)14-21(20)18-32/h2-3,6-10,12,15-16,19-21,40H,4-5,11,13-14,17-18H2,1H3,(H,34,38)(H,35,39)(H,36,37)/t19?,20?,21?,31-,32?/m1/s1. The van der Waals surface area contributed by atoms with Gasteiger partial charge in [-0.25, -0.2) is 14.4 Å². The number of aromatic amines is 1. The highest BCUT2D eigenvalue weighted by Crippen LogP contribution is 2.59. The molecule has 7 nitrogen and oxygen atoms in total. The van der Waals surface area contributed by atoms with Crippen molar-refractivity contribution in [2.45, 2.75) is 57.6 Å². The number of aliphatic hydroxyl groups is 1. The lowest BCUT2D eigenvalue weighted by atomic mass is 9.67. The average Bonchev–Trinajstić information content (AvgIpc) is 3.44. The molecule has 0 radical (unpaired) electrons. The number of nitrogens with one attached hydrogen (secondary N) is 3. The number of H-pyrrole nitrogens is 1. The predicted molar refractivity (Wildman–Crippen MR) is 153 cm³/mol. The van der Waals surface area contributed by atoms with Crippen molar-refractivity contribution >= 4 is 28.4 Å². The predicted octanol–water partition coefficient (Wildman–Crippen LogP) is 6.59. The van der Waals surface area contributed by atoms with E-state index in [1.165, 1.54) is 25.3 Å². The zero-order valence-electron chi connectivity index (χ0n) is 22.6. The Morgan fingerprint density at radius 1 is 1.12 bits per heavy atom. The summed E-state index contributed by atoms with van der Waals surface area (Å²) >= 11 is 0. The van der Waals surface area contributed by atoms with E-state index in [2.05, 4.69) is 25.6 Å². The second-order valence-electron chi connectivity index (χ2n) is 12.3. The van der Waals surface area contributed by atoms with Crippen molar-refractivity contribution in [1.29, 1.82) is 0 Å². The van der Waals surface area contributed by atoms with Gasteiger partial charge in [-0.3, -0.25) is 4.79 Å². The maximum atomic E-state index is 15.4. The van der Waals surface area contributed by atoms with Crippen LogP contribution in [0.5, 0.6) is 0 Å². The van der Waals surface area contributed by atoms with E-state index in [0.717, 1.165) is 37.1 Å². The van der Waals surface area contributed by atoms with E-state index in [1.807, 2.05) is 12.1 Å². The van der Waals surface area contributed by atoms with E-state index in [1.54, 1.807) is 49.5 Å². The van der Waals surface area contributed by atoms with E-state index >= 15 is 4.39 Å². The molecule has 2 heterocycles. The molecule has 4 N–H and O–H groups in total. The summed E-state index contributed by atoms with van der Waals surface area (Å²) in [4.78, 5) is 25.6. The van der Waals surface area contributed by atoms with Crippen molar-refractivity contribution < 1.29 is 14.3 Å². The number of rotatable bonds is 6. The molecular formula is C32H34FN5O2. The normalized spacial score (nSPS) is 26.8. The largest absolute Gasteiger partial charge is 0.367 e. The molecule has 2 aromatic carbocycles. The number of carbonyl (C=O) groups excluding carboxylic acids is 1. The van der Waals surface area contributed by atoms with Crippen LogP contribution in [0.1, 0.15) is 57.4 Å². The Morgan fingerprint density at radius 2 is 2.00 bits per heavy atom. The smallest absolute Gasteiger partial charge is 0.230 e. The van der Waals surface area contributed by atoms with Crippen LogP contribution >= 0.6 is 0 Å². The number of amides is 1. The van der Waals surface area contributed by atoms with Gasteiger partial charge in [0.1, 0.15) is 17.5 Å². The fraction of sp³-hybridized carbons (Fsp3) is 0.406. The van der Waals surface area contributed by atoms with Crippen molar-refractivity contribution in [2.75, 3.05) is 10.6 Å². The molecule has 40 heavy (non-hydrogen) atoms. The molecule has 1 amide bonds. The zero-order chi connectivity index (χ0) is 27.5. The number of anilines is 2. The molecule has 5 atom stereocenters. The summed E-state index contributed by atoms with van der Waals surface area (Å²) < 4.78 is 15.4. The number of pyridine rings is 1. The minimum absolute atomic E-state index is 0.0551. The highest BCUT2D eigenvalue weighted by Gasteiger charge is 2.53. The van der Waals surface area contributed by atoms with E-state index in [9.17, 15) is 9.90 Å². The molecule has 0 spiro atoms. The zero-order valence-corrected chi connectivity index (χ0v) is 22.6. The monoisotopic (exact) mass is 539 g/mol. The summed E-state index contributed by atoms with van der Waals surface area (Å²) in [5.41, 5.74) is 1.03. The Morgan fingerprint density at radius 3 is 2.83 bits per heavy atom. The SMILES string of the molecule is C[C@](O)(Nc1ccccn1)c1ccc2[nH]c(-c3ccc(NC(=O)C45CCCC6CC(CC6C4)C5)cc3F)nc2c1. The van der Waals surface area contributed by atoms with E-state index in [0.29, 0.717) is 45.8 Å². The molecule has 3 bridgehead atoms. The second kappa shape index (κ2) is 9.41. The molecule has 206 valence electrons. The maximum absolute atomic E-state index is 15.4. The summed E-state index contributed by atoms with van der Waals surface area (Å²) in [5.74, 6) is 2.66. The quantitative estimate of drug-likeness (QED) is 0.207. The fourth-order valence-corrected chi connectivity index (χ4v) is 7.69. The molecule has 3 aliphatic rings. The van der Waals surface area contributed by atoms with Gasteiger partial charge in [-0.1, -0.05) is 25.0 Å². The van der Waals surface area contributed by atoms with Crippen molar-refractivity contribution in [3.05, 3.63) is 72.2 Å². The molecule has 3 fully saturated rings. The van der Waals surface area contributed by atoms with Gasteiger partial charge in [0.05, 0.1) is 22.0 Å². The number of imidazole rings is 1. The van der Waals surface area contributed by atoms with Crippen molar-refractivity contribution in [3.63, 3.8) is 0 Å². The Kier molecular flexibility index (Phi) is 5.93. The third kappa shape index (κ3) is 4.44. The molecule has 3 aliphatic carbocycles. The summed E-state index contributed by atoms with van der Waals surface area (Å²) in [6, 6.07) is 15.6. The summed E-state index contributed by atoms with van der Waals surface area (Å²) in [5, 5.41) is 17.2. The minimum atomic E-state index is -1.39. The first-order valence-corrected chi connectivity index (χ1v) is 14.3. The lowest BCUT2D eigenvalue weighted by Gasteiger charge is -2.38. The Balaban J connectivity index is 1.10. The van der Waals surface area contributed by atoms with E-state index < -0.39 is 11.5 Å². The molecule has 0 aliphatic heterocycles. The van der Waals surface area contributed by atoms with Crippen LogP contribution in [-0.2, 0) is 10.5 Å². The van der Waals surface area contributed by atoms with Crippen LogP contribution < -0.4 is 10.6 Å². The average molecular weight is 540 g/mol. The Hall–Kier alpha value is -3.78. The summed E-state index contributed by atoms with van der Waals surface area (Å²) in [6.45, 7) is 1.65. The van der Waals surface area contributed by atoms with E-state index in [-0.39, 0.29) is 11.3 Å². The fourth-order valence-electron chi connectivity index (χ4n) is 7.69. The number of hydrogen-bond donors (Lipinski definition) is 4. The Bertz CT molecular complexity index is 1580. The topological polar surface area (TPSA) is 103 Å². The van der Waals surface area contributed by atoms with Crippen LogP contribution in [0.3, 0.4) is 0 Å². The lowest BCUT2D eigenvalue weighted by molar-refractivity contribution is -0.129. The van der Waals surface area contributed by atoms with Crippen LogP contribution in [-0.4, -0.2) is 26.0 Å². The van der Waals surface area contributed by atoms with Gasteiger partial charge in [0.25, 0.3) is 0 Å². The molecule has 4 unspecified atom stereocenters. The molecule has 2 aromatic heterocycles. The van der Waals surface area contributed by atoms with Gasteiger partial charge in [-0.15, -0.1) is 0 Å². The van der Waals surface area contributed by atoms with Crippen LogP contribution in [0.4, 0.5) is 15.9 Å². The van der Waals surface area contributed by atoms with Gasteiger partial charge in [0, 0.05) is 17.4 Å². The second-order valence-corrected chi connectivity index (χ2v) is 12.3. The molecule has 4 aromatic rings. The molecular weight excluding hydrogens is 505 g/mol. The molecule has 7 rings (SSSR count). The first-order valence-electron chi connectivity index (χ1n) is 14.3. The highest BCUT2D eigenvalue weighted by atomic mass is 19.1. The van der Waals surface area contributed by atoms with Crippen molar-refractivity contribution in [3.8, 4) is 11.4 Å². The Labute approximate surface area is 232 Å². The summed E-state index contributed by atoms with van der Waals surface area (Å²) in [7, 11) is 0. The van der Waals surface area contributed by atoms with Crippen LogP contribution in [0.15, 0.2) is 60.8 Å². The van der Waals surface area contributed by atoms with Crippen LogP contribution in [0.2, 0.25) is 0 Å². The van der Waals surface area contributed by atoms with Gasteiger partial charge < -0.3 is 20.7 Å². The number of benzene rings is 2. The number of aromatic nitrogens is 3.